The summed E-state index contributed by atoms with van der Waals surface area (Å²) in [6, 6.07) is 26.9. The Labute approximate surface area is 147 Å². The van der Waals surface area contributed by atoms with E-state index in [2.05, 4.69) is 58.5 Å². The minimum atomic E-state index is 0.589. The second-order valence-electron chi connectivity index (χ2n) is 5.86. The Morgan fingerprint density at radius 3 is 2.24 bits per heavy atom. The van der Waals surface area contributed by atoms with Crippen molar-refractivity contribution in [3.63, 3.8) is 0 Å². The van der Waals surface area contributed by atoms with Crippen LogP contribution in [-0.4, -0.2) is 16.6 Å². The summed E-state index contributed by atoms with van der Waals surface area (Å²) < 4.78 is 5.89. The van der Waals surface area contributed by atoms with Gasteiger partial charge in [0.05, 0.1) is 17.5 Å². The summed E-state index contributed by atoms with van der Waals surface area (Å²) in [7, 11) is 0. The van der Waals surface area contributed by atoms with Gasteiger partial charge >= 0.3 is 0 Å². The van der Waals surface area contributed by atoms with Crippen LogP contribution in [0.4, 0.5) is 0 Å². The summed E-state index contributed by atoms with van der Waals surface area (Å²) in [6.45, 7) is 0.589. The number of rotatable bonds is 5. The quantitative estimate of drug-likeness (QED) is 0.522. The SMILES string of the molecule is c1ccc(-c2ccc(CCOc3ncnc4ccccc34)cc2)cc1. The number of benzene rings is 3. The van der Waals surface area contributed by atoms with E-state index < -0.39 is 0 Å². The Morgan fingerprint density at radius 2 is 1.40 bits per heavy atom. The Morgan fingerprint density at radius 1 is 0.680 bits per heavy atom. The van der Waals surface area contributed by atoms with Crippen LogP contribution in [0.25, 0.3) is 22.0 Å². The molecule has 0 radical (unpaired) electrons. The number of ether oxygens (including phenoxy) is 1. The van der Waals surface area contributed by atoms with Crippen LogP contribution in [0, 0.1) is 0 Å². The molecule has 3 heteroatoms. The molecular weight excluding hydrogens is 308 g/mol. The van der Waals surface area contributed by atoms with E-state index in [4.69, 9.17) is 4.74 Å². The largest absolute Gasteiger partial charge is 0.477 e. The van der Waals surface area contributed by atoms with Crippen molar-refractivity contribution in [2.45, 2.75) is 6.42 Å². The molecule has 4 aromatic rings. The van der Waals surface area contributed by atoms with Crippen molar-refractivity contribution in [1.29, 1.82) is 0 Å². The third-order valence-electron chi connectivity index (χ3n) is 4.20. The van der Waals surface area contributed by atoms with Crippen LogP contribution in [0.3, 0.4) is 0 Å². The number of nitrogens with zero attached hydrogens (tertiary/aromatic N) is 2. The fraction of sp³-hybridized carbons (Fsp3) is 0.0909. The first kappa shape index (κ1) is 15.3. The minimum Gasteiger partial charge on any atom is -0.477 e. The van der Waals surface area contributed by atoms with Crippen molar-refractivity contribution < 1.29 is 4.74 Å². The zero-order chi connectivity index (χ0) is 16.9. The van der Waals surface area contributed by atoms with Gasteiger partial charge in [-0.15, -0.1) is 0 Å². The van der Waals surface area contributed by atoms with Crippen LogP contribution in [0.15, 0.2) is 85.2 Å². The van der Waals surface area contributed by atoms with Crippen molar-refractivity contribution in [2.24, 2.45) is 0 Å². The number of hydrogen-bond acceptors (Lipinski definition) is 3. The zero-order valence-electron chi connectivity index (χ0n) is 13.8. The lowest BCUT2D eigenvalue weighted by Crippen LogP contribution is -2.03. The molecule has 4 rings (SSSR count). The maximum atomic E-state index is 5.89. The van der Waals surface area contributed by atoms with E-state index in [0.717, 1.165) is 17.3 Å². The molecule has 0 N–H and O–H groups in total. The lowest BCUT2D eigenvalue weighted by molar-refractivity contribution is 0.313. The second kappa shape index (κ2) is 7.14. The lowest BCUT2D eigenvalue weighted by Gasteiger charge is -2.08. The normalized spacial score (nSPS) is 10.7. The van der Waals surface area contributed by atoms with Crippen molar-refractivity contribution >= 4 is 10.9 Å². The Bertz CT molecular complexity index is 961. The minimum absolute atomic E-state index is 0.589. The topological polar surface area (TPSA) is 35.0 Å². The molecule has 0 amide bonds. The van der Waals surface area contributed by atoms with Gasteiger partial charge < -0.3 is 4.74 Å². The van der Waals surface area contributed by atoms with Gasteiger partial charge in [-0.25, -0.2) is 9.97 Å². The Kier molecular flexibility index (Phi) is 4.38. The molecule has 0 aliphatic rings. The number of para-hydroxylation sites is 1. The van der Waals surface area contributed by atoms with E-state index >= 15 is 0 Å². The van der Waals surface area contributed by atoms with Gasteiger partial charge in [0.1, 0.15) is 6.33 Å². The smallest absolute Gasteiger partial charge is 0.224 e. The van der Waals surface area contributed by atoms with Gasteiger partial charge in [-0.1, -0.05) is 66.7 Å². The van der Waals surface area contributed by atoms with Gasteiger partial charge in [-0.2, -0.15) is 0 Å². The van der Waals surface area contributed by atoms with Gasteiger partial charge in [-0.3, -0.25) is 0 Å². The molecule has 0 saturated heterocycles. The van der Waals surface area contributed by atoms with E-state index in [0.29, 0.717) is 12.5 Å². The van der Waals surface area contributed by atoms with E-state index in [-0.39, 0.29) is 0 Å². The summed E-state index contributed by atoms with van der Waals surface area (Å²) in [6.07, 6.45) is 2.39. The summed E-state index contributed by atoms with van der Waals surface area (Å²) in [5.41, 5.74) is 4.61. The van der Waals surface area contributed by atoms with Crippen LogP contribution < -0.4 is 4.74 Å². The monoisotopic (exact) mass is 326 g/mol. The molecule has 3 aromatic carbocycles. The number of hydrogen-bond donors (Lipinski definition) is 0. The third kappa shape index (κ3) is 3.50. The lowest BCUT2D eigenvalue weighted by atomic mass is 10.0. The summed E-state index contributed by atoms with van der Waals surface area (Å²) >= 11 is 0. The van der Waals surface area contributed by atoms with E-state index in [1.165, 1.54) is 16.7 Å². The van der Waals surface area contributed by atoms with Crippen LogP contribution in [0.1, 0.15) is 5.56 Å². The van der Waals surface area contributed by atoms with E-state index in [1.54, 1.807) is 6.33 Å². The molecule has 25 heavy (non-hydrogen) atoms. The molecule has 0 aliphatic heterocycles. The van der Waals surface area contributed by atoms with Crippen molar-refractivity contribution in [3.8, 4) is 17.0 Å². The molecule has 0 atom stereocenters. The summed E-state index contributed by atoms with van der Waals surface area (Å²) in [4.78, 5) is 8.51. The fourth-order valence-corrected chi connectivity index (χ4v) is 2.86. The molecule has 1 aromatic heterocycles. The Hall–Kier alpha value is -3.20. The molecular formula is C22H18N2O. The van der Waals surface area contributed by atoms with Crippen LogP contribution in [0.2, 0.25) is 0 Å². The predicted octanol–water partition coefficient (Wildman–Crippen LogP) is 4.92. The summed E-state index contributed by atoms with van der Waals surface area (Å²) in [5.74, 6) is 0.645. The first-order valence-corrected chi connectivity index (χ1v) is 8.37. The molecule has 0 bridgehead atoms. The van der Waals surface area contributed by atoms with Gasteiger partial charge in [0.15, 0.2) is 0 Å². The average Bonchev–Trinajstić information content (AvgIpc) is 2.69. The van der Waals surface area contributed by atoms with Crippen molar-refractivity contribution in [2.75, 3.05) is 6.61 Å². The van der Waals surface area contributed by atoms with Crippen LogP contribution >= 0.6 is 0 Å². The number of fused-ring (bicyclic) bond motifs is 1. The summed E-state index contributed by atoms with van der Waals surface area (Å²) in [5, 5.41) is 0.949. The molecule has 1 heterocycles. The molecule has 3 nitrogen and oxygen atoms in total. The van der Waals surface area contributed by atoms with Gasteiger partial charge in [-0.05, 0) is 28.8 Å². The Balaban J connectivity index is 1.42. The average molecular weight is 326 g/mol. The first-order chi connectivity index (χ1) is 12.4. The van der Waals surface area contributed by atoms with E-state index in [1.807, 2.05) is 30.3 Å². The van der Waals surface area contributed by atoms with Crippen molar-refractivity contribution in [1.82, 2.24) is 9.97 Å². The van der Waals surface area contributed by atoms with Crippen molar-refractivity contribution in [3.05, 3.63) is 90.8 Å². The molecule has 0 saturated carbocycles. The maximum Gasteiger partial charge on any atom is 0.224 e. The van der Waals surface area contributed by atoms with E-state index in [9.17, 15) is 0 Å². The highest BCUT2D eigenvalue weighted by molar-refractivity contribution is 5.82. The maximum absolute atomic E-state index is 5.89. The molecule has 0 spiro atoms. The molecule has 0 unspecified atom stereocenters. The number of aromatic nitrogens is 2. The molecule has 0 fully saturated rings. The second-order valence-corrected chi connectivity index (χ2v) is 5.86. The van der Waals surface area contributed by atoms with Gasteiger partial charge in [0.2, 0.25) is 5.88 Å². The third-order valence-corrected chi connectivity index (χ3v) is 4.20. The predicted molar refractivity (Wildman–Crippen MR) is 101 cm³/mol. The van der Waals surface area contributed by atoms with Crippen LogP contribution in [0.5, 0.6) is 5.88 Å². The van der Waals surface area contributed by atoms with Gasteiger partial charge in [0.25, 0.3) is 0 Å². The highest BCUT2D eigenvalue weighted by atomic mass is 16.5. The standard InChI is InChI=1S/C22H18N2O/c1-2-6-18(7-3-1)19-12-10-17(11-13-19)14-15-25-22-20-8-4-5-9-21(20)23-16-24-22/h1-13,16H,14-15H2. The zero-order valence-corrected chi connectivity index (χ0v) is 13.8. The first-order valence-electron chi connectivity index (χ1n) is 8.37. The molecule has 122 valence electrons. The highest BCUT2D eigenvalue weighted by Gasteiger charge is 2.04. The van der Waals surface area contributed by atoms with Gasteiger partial charge in [0, 0.05) is 6.42 Å². The van der Waals surface area contributed by atoms with Crippen LogP contribution in [-0.2, 0) is 6.42 Å². The fourth-order valence-electron chi connectivity index (χ4n) is 2.86. The molecule has 0 aliphatic carbocycles. The highest BCUT2D eigenvalue weighted by Crippen LogP contribution is 2.22.